The third-order valence-electron chi connectivity index (χ3n) is 4.59. The molecule has 1 N–H and O–H groups in total. The van der Waals surface area contributed by atoms with Gasteiger partial charge in [-0.1, -0.05) is 12.1 Å². The van der Waals surface area contributed by atoms with E-state index in [1.54, 1.807) is 22.3 Å². The van der Waals surface area contributed by atoms with Crippen molar-refractivity contribution in [1.82, 2.24) is 19.4 Å². The highest BCUT2D eigenvalue weighted by molar-refractivity contribution is 7.89. The van der Waals surface area contributed by atoms with Gasteiger partial charge in [0.05, 0.1) is 19.5 Å². The maximum Gasteiger partial charge on any atom is 0.246 e. The predicted molar refractivity (Wildman–Crippen MR) is 103 cm³/mol. The minimum Gasteiger partial charge on any atom is -0.494 e. The van der Waals surface area contributed by atoms with Crippen molar-refractivity contribution in [1.29, 1.82) is 0 Å². The number of halogens is 1. The molecule has 0 spiro atoms. The maximum absolute atomic E-state index is 12.9. The Morgan fingerprint density at radius 2 is 1.96 bits per heavy atom. The van der Waals surface area contributed by atoms with Crippen molar-refractivity contribution in [2.45, 2.75) is 17.7 Å². The zero-order valence-corrected chi connectivity index (χ0v) is 16.6. The van der Waals surface area contributed by atoms with Crippen molar-refractivity contribution in [3.8, 4) is 11.4 Å². The first kappa shape index (κ1) is 20.7. The number of para-hydroxylation sites is 2. The molecule has 0 unspecified atom stereocenters. The molecule has 9 heteroatoms. The van der Waals surface area contributed by atoms with E-state index in [0.717, 1.165) is 19.4 Å². The molecule has 1 fully saturated rings. The van der Waals surface area contributed by atoms with Crippen molar-refractivity contribution < 1.29 is 13.2 Å². The third kappa shape index (κ3) is 4.20. The average Bonchev–Trinajstić information content (AvgIpc) is 3.13. The predicted octanol–water partition coefficient (Wildman–Crippen LogP) is 1.92. The standard InChI is InChI=1S/C17H24N4O3S.ClH/c1-18-11-14-7-9-20(10-8-14)25(22,23)15-12-19-21(13-15)16-5-3-4-6-17(16)24-2;/h3-6,12-14,18H,7-11H2,1-2H3;1H. The molecule has 0 radical (unpaired) electrons. The minimum absolute atomic E-state index is 0. The Morgan fingerprint density at radius 3 is 2.62 bits per heavy atom. The van der Waals surface area contributed by atoms with Crippen LogP contribution in [-0.2, 0) is 10.0 Å². The molecule has 3 rings (SSSR count). The van der Waals surface area contributed by atoms with E-state index in [-0.39, 0.29) is 17.3 Å². The van der Waals surface area contributed by atoms with E-state index in [4.69, 9.17) is 4.74 Å². The maximum atomic E-state index is 12.9. The number of methoxy groups -OCH3 is 1. The Labute approximate surface area is 160 Å². The summed E-state index contributed by atoms with van der Waals surface area (Å²) in [6, 6.07) is 7.38. The largest absolute Gasteiger partial charge is 0.494 e. The lowest BCUT2D eigenvalue weighted by molar-refractivity contribution is 0.270. The Bertz CT molecular complexity index is 817. The van der Waals surface area contributed by atoms with Crippen LogP contribution in [0.2, 0.25) is 0 Å². The number of hydrogen-bond acceptors (Lipinski definition) is 5. The van der Waals surface area contributed by atoms with Gasteiger partial charge in [0.25, 0.3) is 0 Å². The second-order valence-corrected chi connectivity index (χ2v) is 8.14. The van der Waals surface area contributed by atoms with Crippen LogP contribution in [0, 0.1) is 5.92 Å². The fourth-order valence-corrected chi connectivity index (χ4v) is 4.58. The Balaban J connectivity index is 0.00000243. The van der Waals surface area contributed by atoms with E-state index in [0.29, 0.717) is 30.4 Å². The fraction of sp³-hybridized carbons (Fsp3) is 0.471. The molecule has 1 aliphatic heterocycles. The molecule has 0 atom stereocenters. The van der Waals surface area contributed by atoms with Crippen molar-refractivity contribution in [2.75, 3.05) is 33.8 Å². The van der Waals surface area contributed by atoms with Gasteiger partial charge >= 0.3 is 0 Å². The average molecular weight is 401 g/mol. The number of aromatic nitrogens is 2. The summed E-state index contributed by atoms with van der Waals surface area (Å²) in [6.45, 7) is 2.03. The van der Waals surface area contributed by atoms with E-state index in [1.807, 2.05) is 31.3 Å². The summed E-state index contributed by atoms with van der Waals surface area (Å²) in [5.41, 5.74) is 0.708. The molecule has 1 aromatic heterocycles. The summed E-state index contributed by atoms with van der Waals surface area (Å²) in [5.74, 6) is 1.18. The molecule has 0 aliphatic carbocycles. The second kappa shape index (κ2) is 8.85. The fourth-order valence-electron chi connectivity index (χ4n) is 3.18. The van der Waals surface area contributed by atoms with Crippen LogP contribution in [0.4, 0.5) is 0 Å². The van der Waals surface area contributed by atoms with Gasteiger partial charge < -0.3 is 10.1 Å². The number of benzene rings is 1. The molecule has 144 valence electrons. The zero-order chi connectivity index (χ0) is 17.9. The lowest BCUT2D eigenvalue weighted by Crippen LogP contribution is -2.40. The number of nitrogens with zero attached hydrogens (tertiary/aromatic N) is 3. The van der Waals surface area contributed by atoms with Gasteiger partial charge in [0.2, 0.25) is 10.0 Å². The van der Waals surface area contributed by atoms with E-state index in [2.05, 4.69) is 10.4 Å². The normalized spacial score (nSPS) is 16.2. The van der Waals surface area contributed by atoms with Crippen molar-refractivity contribution >= 4 is 22.4 Å². The molecule has 1 aliphatic rings. The van der Waals surface area contributed by atoms with Crippen molar-refractivity contribution in [3.63, 3.8) is 0 Å². The molecule has 0 amide bonds. The lowest BCUT2D eigenvalue weighted by Gasteiger charge is -2.30. The second-order valence-electron chi connectivity index (χ2n) is 6.20. The van der Waals surface area contributed by atoms with Crippen molar-refractivity contribution in [2.24, 2.45) is 5.92 Å². The Kier molecular flexibility index (Phi) is 7.05. The topological polar surface area (TPSA) is 76.5 Å². The molecule has 1 saturated heterocycles. The first-order valence-electron chi connectivity index (χ1n) is 8.39. The number of nitrogens with one attached hydrogen (secondary N) is 1. The number of ether oxygens (including phenoxy) is 1. The summed E-state index contributed by atoms with van der Waals surface area (Å²) < 4.78 is 34.2. The van der Waals surface area contributed by atoms with Gasteiger partial charge in [-0.05, 0) is 44.5 Å². The Morgan fingerprint density at radius 1 is 1.27 bits per heavy atom. The van der Waals surface area contributed by atoms with Gasteiger partial charge in [-0.2, -0.15) is 9.40 Å². The monoisotopic (exact) mass is 400 g/mol. The van der Waals surface area contributed by atoms with Crippen LogP contribution in [0.15, 0.2) is 41.6 Å². The van der Waals surface area contributed by atoms with Crippen LogP contribution in [0.1, 0.15) is 12.8 Å². The van der Waals surface area contributed by atoms with Gasteiger partial charge in [0.15, 0.2) is 0 Å². The molecule has 0 saturated carbocycles. The van der Waals surface area contributed by atoms with Gasteiger partial charge in [0.1, 0.15) is 16.3 Å². The van der Waals surface area contributed by atoms with Gasteiger partial charge in [-0.15, -0.1) is 12.4 Å². The highest BCUT2D eigenvalue weighted by Crippen LogP contribution is 2.26. The van der Waals surface area contributed by atoms with E-state index >= 15 is 0 Å². The molecule has 2 aromatic rings. The third-order valence-corrected chi connectivity index (χ3v) is 6.45. The zero-order valence-electron chi connectivity index (χ0n) is 15.0. The molecule has 26 heavy (non-hydrogen) atoms. The van der Waals surface area contributed by atoms with E-state index in [1.165, 1.54) is 6.20 Å². The summed E-state index contributed by atoms with van der Waals surface area (Å²) in [6.07, 6.45) is 4.70. The first-order valence-corrected chi connectivity index (χ1v) is 9.83. The number of sulfonamides is 1. The summed E-state index contributed by atoms with van der Waals surface area (Å²) >= 11 is 0. The molecule has 7 nitrogen and oxygen atoms in total. The van der Waals surface area contributed by atoms with Gasteiger partial charge in [0, 0.05) is 13.1 Å². The quantitative estimate of drug-likeness (QED) is 0.801. The van der Waals surface area contributed by atoms with Crippen LogP contribution >= 0.6 is 12.4 Å². The van der Waals surface area contributed by atoms with Crippen LogP contribution in [0.5, 0.6) is 5.75 Å². The first-order chi connectivity index (χ1) is 12.1. The van der Waals surface area contributed by atoms with Crippen molar-refractivity contribution in [3.05, 3.63) is 36.7 Å². The number of rotatable bonds is 6. The SMILES string of the molecule is CNCC1CCN(S(=O)(=O)c2cnn(-c3ccccc3OC)c2)CC1.Cl. The van der Waals surface area contributed by atoms with Gasteiger partial charge in [-0.3, -0.25) is 0 Å². The van der Waals surface area contributed by atoms with Crippen LogP contribution in [0.3, 0.4) is 0 Å². The number of piperidine rings is 1. The van der Waals surface area contributed by atoms with Crippen LogP contribution in [-0.4, -0.2) is 56.3 Å². The minimum atomic E-state index is -3.52. The highest BCUT2D eigenvalue weighted by atomic mass is 35.5. The Hall–Kier alpha value is -1.61. The smallest absolute Gasteiger partial charge is 0.246 e. The molecular formula is C17H25ClN4O3S. The summed E-state index contributed by atoms with van der Waals surface area (Å²) in [7, 11) is -0.0137. The highest BCUT2D eigenvalue weighted by Gasteiger charge is 2.30. The van der Waals surface area contributed by atoms with Crippen LogP contribution in [0.25, 0.3) is 5.69 Å². The molecule has 0 bridgehead atoms. The molecular weight excluding hydrogens is 376 g/mol. The molecule has 2 heterocycles. The lowest BCUT2D eigenvalue weighted by atomic mass is 9.98. The van der Waals surface area contributed by atoms with Crippen LogP contribution < -0.4 is 10.1 Å². The van der Waals surface area contributed by atoms with Gasteiger partial charge in [-0.25, -0.2) is 13.1 Å². The summed E-state index contributed by atoms with van der Waals surface area (Å²) in [5, 5.41) is 7.38. The summed E-state index contributed by atoms with van der Waals surface area (Å²) in [4.78, 5) is 0.213. The van der Waals surface area contributed by atoms with E-state index < -0.39 is 10.0 Å². The number of hydrogen-bond donors (Lipinski definition) is 1. The molecule has 1 aromatic carbocycles. The van der Waals surface area contributed by atoms with E-state index in [9.17, 15) is 8.42 Å².